The number of likely N-dealkylation sites (tertiary alicyclic amines) is 1. The largest absolute Gasteiger partial charge is 0.383 e. The highest BCUT2D eigenvalue weighted by Gasteiger charge is 2.30. The fourth-order valence-corrected chi connectivity index (χ4v) is 4.00. The summed E-state index contributed by atoms with van der Waals surface area (Å²) in [6.07, 6.45) is 5.54. The zero-order valence-electron chi connectivity index (χ0n) is 16.7. The van der Waals surface area contributed by atoms with Crippen LogP contribution in [-0.4, -0.2) is 56.7 Å². The van der Waals surface area contributed by atoms with E-state index in [0.29, 0.717) is 30.7 Å². The first-order valence-electron chi connectivity index (χ1n) is 9.85. The fourth-order valence-electron chi connectivity index (χ4n) is 4.00. The minimum absolute atomic E-state index is 0.0189. The van der Waals surface area contributed by atoms with Gasteiger partial charge in [0.2, 0.25) is 0 Å². The minimum Gasteiger partial charge on any atom is -0.383 e. The molecule has 1 aromatic carbocycles. The van der Waals surface area contributed by atoms with E-state index in [1.54, 1.807) is 25.3 Å². The van der Waals surface area contributed by atoms with E-state index in [1.165, 1.54) is 4.57 Å². The first-order chi connectivity index (χ1) is 14.1. The SMILES string of the molecule is COCCn1ccnc1[C@@H]1CCCN(C(=O)c2nc3ccccc3n(C)c2=O)C1. The lowest BCUT2D eigenvalue weighted by Crippen LogP contribution is -2.43. The maximum atomic E-state index is 13.2. The molecular weight excluding hydrogens is 370 g/mol. The average molecular weight is 395 g/mol. The van der Waals surface area contributed by atoms with Gasteiger partial charge in [-0.1, -0.05) is 12.1 Å². The van der Waals surface area contributed by atoms with Gasteiger partial charge in [-0.05, 0) is 25.0 Å². The highest BCUT2D eigenvalue weighted by molar-refractivity contribution is 5.94. The summed E-state index contributed by atoms with van der Waals surface area (Å²) in [5, 5.41) is 0. The van der Waals surface area contributed by atoms with Crippen molar-refractivity contribution in [3.63, 3.8) is 0 Å². The smallest absolute Gasteiger partial charge is 0.282 e. The number of methoxy groups -OCH3 is 1. The van der Waals surface area contributed by atoms with Crippen LogP contribution in [0.3, 0.4) is 0 Å². The van der Waals surface area contributed by atoms with Gasteiger partial charge >= 0.3 is 0 Å². The Labute approximate surface area is 168 Å². The summed E-state index contributed by atoms with van der Waals surface area (Å²) in [6, 6.07) is 7.35. The van der Waals surface area contributed by atoms with Crippen molar-refractivity contribution in [2.45, 2.75) is 25.3 Å². The Bertz CT molecular complexity index is 1090. The number of benzene rings is 1. The summed E-state index contributed by atoms with van der Waals surface area (Å²) in [5.41, 5.74) is 0.972. The molecule has 0 radical (unpaired) electrons. The van der Waals surface area contributed by atoms with Crippen LogP contribution in [0, 0.1) is 0 Å². The summed E-state index contributed by atoms with van der Waals surface area (Å²) in [6.45, 7) is 2.48. The molecule has 1 fully saturated rings. The molecule has 1 atom stereocenters. The van der Waals surface area contributed by atoms with Gasteiger partial charge in [-0.3, -0.25) is 9.59 Å². The molecule has 4 rings (SSSR count). The maximum absolute atomic E-state index is 13.2. The molecular formula is C21H25N5O3. The molecule has 1 aliphatic heterocycles. The second-order valence-electron chi connectivity index (χ2n) is 7.38. The molecule has 152 valence electrons. The van der Waals surface area contributed by atoms with E-state index < -0.39 is 0 Å². The number of piperidine rings is 1. The number of ether oxygens (including phenoxy) is 1. The molecule has 8 nitrogen and oxygen atoms in total. The molecule has 1 saturated heterocycles. The van der Waals surface area contributed by atoms with Crippen LogP contribution in [0.1, 0.15) is 35.1 Å². The van der Waals surface area contributed by atoms with Gasteiger partial charge in [0.15, 0.2) is 5.69 Å². The van der Waals surface area contributed by atoms with Gasteiger partial charge in [-0.2, -0.15) is 0 Å². The van der Waals surface area contributed by atoms with Crippen LogP contribution in [-0.2, 0) is 18.3 Å². The first kappa shape index (κ1) is 19.3. The van der Waals surface area contributed by atoms with E-state index in [9.17, 15) is 9.59 Å². The van der Waals surface area contributed by atoms with Gasteiger partial charge in [0.05, 0.1) is 17.6 Å². The predicted octanol–water partition coefficient (Wildman–Crippen LogP) is 1.80. The normalized spacial score (nSPS) is 17.0. The topological polar surface area (TPSA) is 82.2 Å². The number of rotatable bonds is 5. The standard InChI is InChI=1S/C21H25N5O3/c1-24-17-8-4-3-7-16(17)23-18(20(24)27)21(28)26-10-5-6-15(14-26)19-22-9-11-25(19)12-13-29-2/h3-4,7-9,11,15H,5-6,10,12-14H2,1-2H3/t15-/m1/s1. The van der Waals surface area contributed by atoms with Crippen molar-refractivity contribution in [1.29, 1.82) is 0 Å². The predicted molar refractivity (Wildman–Crippen MR) is 109 cm³/mol. The summed E-state index contributed by atoms with van der Waals surface area (Å²) in [4.78, 5) is 36.6. The molecule has 3 heterocycles. The number of hydrogen-bond donors (Lipinski definition) is 0. The van der Waals surface area contributed by atoms with Gasteiger partial charge in [0.1, 0.15) is 5.82 Å². The van der Waals surface area contributed by atoms with Gasteiger partial charge in [-0.25, -0.2) is 9.97 Å². The molecule has 0 saturated carbocycles. The van der Waals surface area contributed by atoms with Crippen molar-refractivity contribution < 1.29 is 9.53 Å². The van der Waals surface area contributed by atoms with Crippen molar-refractivity contribution in [1.82, 2.24) is 24.0 Å². The van der Waals surface area contributed by atoms with Crippen molar-refractivity contribution in [2.75, 3.05) is 26.8 Å². The average Bonchev–Trinajstić information content (AvgIpc) is 3.23. The number of aromatic nitrogens is 4. The Balaban J connectivity index is 1.60. The molecule has 2 aromatic heterocycles. The van der Waals surface area contributed by atoms with Crippen LogP contribution in [0.25, 0.3) is 11.0 Å². The monoisotopic (exact) mass is 395 g/mol. The molecule has 29 heavy (non-hydrogen) atoms. The second-order valence-corrected chi connectivity index (χ2v) is 7.38. The lowest BCUT2D eigenvalue weighted by atomic mass is 9.96. The maximum Gasteiger partial charge on any atom is 0.282 e. The van der Waals surface area contributed by atoms with Gasteiger partial charge < -0.3 is 18.8 Å². The number of carbonyl (C=O) groups is 1. The van der Waals surface area contributed by atoms with Crippen LogP contribution in [0.4, 0.5) is 0 Å². The number of hydrogen-bond acceptors (Lipinski definition) is 5. The number of amides is 1. The van der Waals surface area contributed by atoms with Crippen LogP contribution in [0.5, 0.6) is 0 Å². The molecule has 1 aliphatic rings. The van der Waals surface area contributed by atoms with E-state index in [4.69, 9.17) is 4.74 Å². The lowest BCUT2D eigenvalue weighted by Gasteiger charge is -2.32. The van der Waals surface area contributed by atoms with Gasteiger partial charge in [0, 0.05) is 52.1 Å². The van der Waals surface area contributed by atoms with E-state index in [1.807, 2.05) is 30.5 Å². The van der Waals surface area contributed by atoms with Crippen LogP contribution in [0.15, 0.2) is 41.5 Å². The Kier molecular flexibility index (Phi) is 5.44. The Morgan fingerprint density at radius 3 is 2.97 bits per heavy atom. The number of para-hydroxylation sites is 2. The highest BCUT2D eigenvalue weighted by atomic mass is 16.5. The molecule has 0 bridgehead atoms. The van der Waals surface area contributed by atoms with Crippen LogP contribution < -0.4 is 5.56 Å². The third-order valence-corrected chi connectivity index (χ3v) is 5.54. The number of fused-ring (bicyclic) bond motifs is 1. The van der Waals surface area contributed by atoms with Crippen molar-refractivity contribution >= 4 is 16.9 Å². The summed E-state index contributed by atoms with van der Waals surface area (Å²) < 4.78 is 8.75. The quantitative estimate of drug-likeness (QED) is 0.658. The zero-order valence-corrected chi connectivity index (χ0v) is 16.7. The van der Waals surface area contributed by atoms with Crippen LogP contribution >= 0.6 is 0 Å². The van der Waals surface area contributed by atoms with Gasteiger partial charge in [0.25, 0.3) is 11.5 Å². The Hall–Kier alpha value is -3.00. The Morgan fingerprint density at radius 2 is 2.14 bits per heavy atom. The molecule has 0 N–H and O–H groups in total. The summed E-state index contributed by atoms with van der Waals surface area (Å²) >= 11 is 0. The van der Waals surface area contributed by atoms with E-state index in [2.05, 4.69) is 14.5 Å². The Morgan fingerprint density at radius 1 is 1.31 bits per heavy atom. The number of imidazole rings is 1. The summed E-state index contributed by atoms with van der Waals surface area (Å²) in [5.74, 6) is 0.777. The van der Waals surface area contributed by atoms with E-state index in [0.717, 1.165) is 25.2 Å². The third kappa shape index (κ3) is 3.67. The van der Waals surface area contributed by atoms with Gasteiger partial charge in [-0.15, -0.1) is 0 Å². The van der Waals surface area contributed by atoms with Crippen molar-refractivity contribution in [3.05, 3.63) is 58.5 Å². The first-order valence-corrected chi connectivity index (χ1v) is 9.85. The molecule has 8 heteroatoms. The number of aryl methyl sites for hydroxylation is 1. The van der Waals surface area contributed by atoms with Crippen LogP contribution in [0.2, 0.25) is 0 Å². The molecule has 1 amide bonds. The summed E-state index contributed by atoms with van der Waals surface area (Å²) in [7, 11) is 3.35. The molecule has 0 spiro atoms. The lowest BCUT2D eigenvalue weighted by molar-refractivity contribution is 0.0694. The molecule has 0 aliphatic carbocycles. The number of nitrogens with zero attached hydrogens (tertiary/aromatic N) is 5. The minimum atomic E-state index is -0.364. The molecule has 3 aromatic rings. The van der Waals surface area contributed by atoms with Crippen molar-refractivity contribution in [3.8, 4) is 0 Å². The second kappa shape index (κ2) is 8.16. The third-order valence-electron chi connectivity index (χ3n) is 5.54. The highest BCUT2D eigenvalue weighted by Crippen LogP contribution is 2.26. The van der Waals surface area contributed by atoms with E-state index >= 15 is 0 Å². The number of carbonyl (C=O) groups excluding carboxylic acids is 1. The van der Waals surface area contributed by atoms with Crippen molar-refractivity contribution in [2.24, 2.45) is 7.05 Å². The van der Waals surface area contributed by atoms with E-state index in [-0.39, 0.29) is 23.1 Å². The fraction of sp³-hybridized carbons (Fsp3) is 0.429. The zero-order chi connectivity index (χ0) is 20.4. The molecule has 0 unspecified atom stereocenters.